The maximum absolute atomic E-state index is 5.38. The second kappa shape index (κ2) is 14.7. The van der Waals surface area contributed by atoms with Crippen molar-refractivity contribution in [3.05, 3.63) is 199 Å². The summed E-state index contributed by atoms with van der Waals surface area (Å²) in [5, 5.41) is 2.58. The number of benzene rings is 8. The van der Waals surface area contributed by atoms with Gasteiger partial charge in [-0.05, 0) is 86.7 Å². The predicted molar refractivity (Wildman–Crippen MR) is 252 cm³/mol. The van der Waals surface area contributed by atoms with Crippen LogP contribution >= 0.6 is 11.3 Å². The molecule has 0 spiro atoms. The van der Waals surface area contributed by atoms with Crippen molar-refractivity contribution in [1.29, 1.82) is 0 Å². The largest absolute Gasteiger partial charge is 0.208 e. The summed E-state index contributed by atoms with van der Waals surface area (Å²) in [7, 11) is 0. The third-order valence-electron chi connectivity index (χ3n) is 12.7. The van der Waals surface area contributed by atoms with Crippen LogP contribution in [0, 0.1) is 0 Å². The lowest BCUT2D eigenvalue weighted by atomic mass is 9.74. The van der Waals surface area contributed by atoms with Crippen LogP contribution in [0.4, 0.5) is 0 Å². The van der Waals surface area contributed by atoms with E-state index >= 15 is 0 Å². The van der Waals surface area contributed by atoms with Crippen molar-refractivity contribution < 1.29 is 0 Å². The Morgan fingerprint density at radius 2 is 0.883 bits per heavy atom. The number of hydrogen-bond acceptors (Lipinski definition) is 4. The fraction of sp³-hybridized carbons (Fsp3) is 0.0893. The molecule has 11 rings (SSSR count). The minimum absolute atomic E-state index is 0.0625. The molecule has 10 aromatic rings. The minimum atomic E-state index is -0.0625. The first-order valence-electron chi connectivity index (χ1n) is 20.9. The van der Waals surface area contributed by atoms with Gasteiger partial charge in [0.25, 0.3) is 0 Å². The first kappa shape index (κ1) is 36.1. The Kier molecular flexibility index (Phi) is 8.83. The molecule has 0 N–H and O–H groups in total. The van der Waals surface area contributed by atoms with E-state index in [0.29, 0.717) is 17.5 Å². The summed E-state index contributed by atoms with van der Waals surface area (Å²) in [6, 6.07) is 67.6. The number of aromatic nitrogens is 3. The molecule has 0 radical (unpaired) electrons. The van der Waals surface area contributed by atoms with Crippen LogP contribution < -0.4 is 0 Å². The molecular weight excluding hydrogens is 747 g/mol. The van der Waals surface area contributed by atoms with Crippen LogP contribution in [0.5, 0.6) is 0 Å². The summed E-state index contributed by atoms with van der Waals surface area (Å²) < 4.78 is 2.58. The van der Waals surface area contributed by atoms with Crippen LogP contribution in [-0.4, -0.2) is 15.0 Å². The molecule has 2 heterocycles. The van der Waals surface area contributed by atoms with Gasteiger partial charge >= 0.3 is 0 Å². The summed E-state index contributed by atoms with van der Waals surface area (Å²) in [6.45, 7) is 4.63. The lowest BCUT2D eigenvalue weighted by molar-refractivity contribution is 0.490. The van der Waals surface area contributed by atoms with Gasteiger partial charge in [0, 0.05) is 42.3 Å². The Hall–Kier alpha value is -7.01. The van der Waals surface area contributed by atoms with Crippen molar-refractivity contribution in [2.24, 2.45) is 0 Å². The maximum atomic E-state index is 5.38. The molecule has 1 aliphatic rings. The zero-order chi connectivity index (χ0) is 40.2. The molecule has 0 fully saturated rings. The number of hydrogen-bond donors (Lipinski definition) is 0. The van der Waals surface area contributed by atoms with Crippen molar-refractivity contribution >= 4 is 31.5 Å². The van der Waals surface area contributed by atoms with E-state index < -0.39 is 0 Å². The molecule has 60 heavy (non-hydrogen) atoms. The summed E-state index contributed by atoms with van der Waals surface area (Å²) >= 11 is 1.85. The first-order chi connectivity index (χ1) is 29.6. The molecule has 8 aromatic carbocycles. The van der Waals surface area contributed by atoms with Gasteiger partial charge in [-0.2, -0.15) is 0 Å². The lowest BCUT2D eigenvalue weighted by Gasteiger charge is -2.29. The van der Waals surface area contributed by atoms with E-state index in [1.165, 1.54) is 59.1 Å². The van der Waals surface area contributed by atoms with Gasteiger partial charge in [-0.15, -0.1) is 11.3 Å². The molecular formula is C56H41N3S. The molecule has 0 unspecified atom stereocenters. The molecule has 1 aliphatic carbocycles. The van der Waals surface area contributed by atoms with Gasteiger partial charge < -0.3 is 0 Å². The monoisotopic (exact) mass is 787 g/mol. The topological polar surface area (TPSA) is 38.7 Å². The van der Waals surface area contributed by atoms with Crippen LogP contribution in [0.15, 0.2) is 188 Å². The summed E-state index contributed by atoms with van der Waals surface area (Å²) in [5.41, 5.74) is 15.1. The van der Waals surface area contributed by atoms with Gasteiger partial charge in [0.2, 0.25) is 0 Å². The summed E-state index contributed by atoms with van der Waals surface area (Å²) in [5.74, 6) is 1.98. The molecule has 2 aromatic heterocycles. The van der Waals surface area contributed by atoms with Gasteiger partial charge in [-0.3, -0.25) is 0 Å². The maximum Gasteiger partial charge on any atom is 0.164 e. The Labute approximate surface area is 354 Å². The standard InChI is InChI=1S/C56H41N3S/c1-3-56(4-2)48-27-10-8-23-46(48)51-47(26-15-28-49(51)56)55-58-53(41-20-12-18-39(34-41)38-32-30-37(31-33-38)36-16-6-5-7-17-36)57-54(59-55)42-21-13-19-40(35-42)43-24-14-25-45-44-22-9-11-29-50(44)60-52(43)45/h5-35H,3-4H2,1-2H3. The van der Waals surface area contributed by atoms with E-state index in [0.717, 1.165) is 46.2 Å². The second-order valence-electron chi connectivity index (χ2n) is 15.8. The number of thiophene rings is 1. The fourth-order valence-electron chi connectivity index (χ4n) is 9.58. The lowest BCUT2D eigenvalue weighted by Crippen LogP contribution is -2.22. The third kappa shape index (κ3) is 5.90. The van der Waals surface area contributed by atoms with E-state index in [1.807, 2.05) is 11.3 Å². The average Bonchev–Trinajstić information content (AvgIpc) is 3.85. The minimum Gasteiger partial charge on any atom is -0.208 e. The van der Waals surface area contributed by atoms with Crippen molar-refractivity contribution in [3.8, 4) is 78.7 Å². The molecule has 0 atom stereocenters. The van der Waals surface area contributed by atoms with Crippen LogP contribution in [0.3, 0.4) is 0 Å². The average molecular weight is 788 g/mol. The third-order valence-corrected chi connectivity index (χ3v) is 13.9. The van der Waals surface area contributed by atoms with Crippen molar-refractivity contribution in [1.82, 2.24) is 15.0 Å². The Balaban J connectivity index is 1.08. The smallest absolute Gasteiger partial charge is 0.164 e. The Morgan fingerprint density at radius 3 is 1.65 bits per heavy atom. The highest BCUT2D eigenvalue weighted by molar-refractivity contribution is 7.26. The number of rotatable bonds is 8. The molecule has 0 saturated carbocycles. The van der Waals surface area contributed by atoms with Crippen LogP contribution in [0.2, 0.25) is 0 Å². The molecule has 4 heteroatoms. The zero-order valence-corrected chi connectivity index (χ0v) is 34.4. The van der Waals surface area contributed by atoms with Gasteiger partial charge in [0.05, 0.1) is 0 Å². The Bertz CT molecular complexity index is 3230. The molecule has 0 saturated heterocycles. The highest BCUT2D eigenvalue weighted by Crippen LogP contribution is 2.55. The van der Waals surface area contributed by atoms with Crippen molar-refractivity contribution in [2.45, 2.75) is 32.1 Å². The van der Waals surface area contributed by atoms with Gasteiger partial charge in [0.1, 0.15) is 0 Å². The van der Waals surface area contributed by atoms with Crippen molar-refractivity contribution in [3.63, 3.8) is 0 Å². The highest BCUT2D eigenvalue weighted by atomic mass is 32.1. The highest BCUT2D eigenvalue weighted by Gasteiger charge is 2.41. The molecule has 3 nitrogen and oxygen atoms in total. The first-order valence-corrected chi connectivity index (χ1v) is 21.7. The van der Waals surface area contributed by atoms with Crippen LogP contribution in [0.1, 0.15) is 37.8 Å². The van der Waals surface area contributed by atoms with E-state index in [1.54, 1.807) is 0 Å². The quantitative estimate of drug-likeness (QED) is 0.154. The van der Waals surface area contributed by atoms with Crippen molar-refractivity contribution in [2.75, 3.05) is 0 Å². The van der Waals surface area contributed by atoms with Gasteiger partial charge in [-0.25, -0.2) is 15.0 Å². The fourth-order valence-corrected chi connectivity index (χ4v) is 10.8. The van der Waals surface area contributed by atoms with E-state index in [4.69, 9.17) is 15.0 Å². The number of nitrogens with zero attached hydrogens (tertiary/aromatic N) is 3. The van der Waals surface area contributed by atoms with Crippen LogP contribution in [-0.2, 0) is 5.41 Å². The molecule has 0 aliphatic heterocycles. The van der Waals surface area contributed by atoms with Gasteiger partial charge in [0.15, 0.2) is 17.5 Å². The summed E-state index contributed by atoms with van der Waals surface area (Å²) in [4.78, 5) is 16.0. The molecule has 0 amide bonds. The molecule has 286 valence electrons. The summed E-state index contributed by atoms with van der Waals surface area (Å²) in [6.07, 6.45) is 2.03. The van der Waals surface area contributed by atoms with E-state index in [2.05, 4.69) is 202 Å². The SMILES string of the molecule is CCC1(CC)c2ccccc2-c2c(-c3nc(-c4cccc(-c5ccc(-c6ccccc6)cc5)c4)nc(-c4cccc(-c5cccc6c5sc5ccccc56)c4)n3)cccc21. The molecule has 0 bridgehead atoms. The number of fused-ring (bicyclic) bond motifs is 6. The predicted octanol–water partition coefficient (Wildman–Crippen LogP) is 15.3. The van der Waals surface area contributed by atoms with Crippen LogP contribution in [0.25, 0.3) is 98.8 Å². The van der Waals surface area contributed by atoms with Gasteiger partial charge in [-0.1, -0.05) is 184 Å². The van der Waals surface area contributed by atoms with E-state index in [-0.39, 0.29) is 5.41 Å². The van der Waals surface area contributed by atoms with E-state index in [9.17, 15) is 0 Å². The zero-order valence-electron chi connectivity index (χ0n) is 33.6. The second-order valence-corrected chi connectivity index (χ2v) is 16.8. The normalized spacial score (nSPS) is 12.8. The Morgan fingerprint density at radius 1 is 0.383 bits per heavy atom.